The fourth-order valence-electron chi connectivity index (χ4n) is 5.04. The van der Waals surface area contributed by atoms with E-state index in [2.05, 4.69) is 15.0 Å². The number of nitrogens with one attached hydrogen (secondary N) is 2. The molecule has 0 aliphatic heterocycles. The number of carboxylic acids is 1. The molecular weight excluding hydrogens is 564 g/mol. The van der Waals surface area contributed by atoms with Crippen LogP contribution < -0.4 is 10.1 Å². The zero-order chi connectivity index (χ0) is 29.7. The Labute approximate surface area is 238 Å². The van der Waals surface area contributed by atoms with E-state index in [1.807, 2.05) is 6.92 Å². The number of fused-ring (bicyclic) bond motifs is 1. The van der Waals surface area contributed by atoms with Gasteiger partial charge in [0.05, 0.1) is 11.9 Å². The van der Waals surface area contributed by atoms with Crippen LogP contribution in [0.1, 0.15) is 65.1 Å². The first-order valence-corrected chi connectivity index (χ1v) is 13.3. The highest BCUT2D eigenvalue weighted by atomic mass is 35.5. The standard InChI is InChI=1S/C30H27ClF4N2O4/c1-2-3-22(17-4-6-19(7-5-17)29(40)36-13-12-26(38)39)27(18-8-10-21(11-9-18)41-30(33,34)35)24-16-37-28-23(24)14-20(31)15-25(28)32/h4-11,14-16,22,27,37H,2-3,12-13H2,1H3,(H,36,40)(H,38,39)/t22-,27+/m0/s1. The summed E-state index contributed by atoms with van der Waals surface area (Å²) in [5.74, 6) is -2.99. The zero-order valence-corrected chi connectivity index (χ0v) is 22.7. The van der Waals surface area contributed by atoms with E-state index >= 15 is 0 Å². The molecule has 41 heavy (non-hydrogen) atoms. The first-order chi connectivity index (χ1) is 19.5. The van der Waals surface area contributed by atoms with Crippen LogP contribution in [0.2, 0.25) is 5.02 Å². The summed E-state index contributed by atoms with van der Waals surface area (Å²) in [7, 11) is 0. The molecule has 1 amide bonds. The fourth-order valence-corrected chi connectivity index (χ4v) is 5.25. The van der Waals surface area contributed by atoms with Crippen molar-refractivity contribution in [2.45, 2.75) is 44.4 Å². The second-order valence-corrected chi connectivity index (χ2v) is 10.0. The SMILES string of the molecule is CCC[C@@H](c1ccc(C(=O)NCCC(=O)O)cc1)[C@@H](c1ccc(OC(F)(F)F)cc1)c1c[nH]c2c(F)cc(Cl)cc12. The monoisotopic (exact) mass is 590 g/mol. The zero-order valence-electron chi connectivity index (χ0n) is 21.9. The molecule has 0 saturated heterocycles. The minimum atomic E-state index is -4.83. The number of H-pyrrole nitrogens is 1. The van der Waals surface area contributed by atoms with Gasteiger partial charge in [0.1, 0.15) is 11.6 Å². The van der Waals surface area contributed by atoms with E-state index in [0.29, 0.717) is 28.5 Å². The van der Waals surface area contributed by atoms with Crippen molar-refractivity contribution >= 4 is 34.4 Å². The van der Waals surface area contributed by atoms with Gasteiger partial charge in [-0.1, -0.05) is 49.2 Å². The van der Waals surface area contributed by atoms with Gasteiger partial charge in [-0.05, 0) is 65.4 Å². The molecule has 0 aliphatic rings. The molecule has 0 radical (unpaired) electrons. The third kappa shape index (κ3) is 7.38. The lowest BCUT2D eigenvalue weighted by Gasteiger charge is -2.29. The van der Waals surface area contributed by atoms with Crippen LogP contribution in [-0.2, 0) is 4.79 Å². The van der Waals surface area contributed by atoms with Gasteiger partial charge in [0.2, 0.25) is 0 Å². The van der Waals surface area contributed by atoms with Gasteiger partial charge in [-0.25, -0.2) is 4.39 Å². The van der Waals surface area contributed by atoms with Crippen molar-refractivity contribution in [1.29, 1.82) is 0 Å². The Hall–Kier alpha value is -4.05. The van der Waals surface area contributed by atoms with E-state index in [9.17, 15) is 27.2 Å². The average molecular weight is 591 g/mol. The molecule has 6 nitrogen and oxygen atoms in total. The van der Waals surface area contributed by atoms with Crippen molar-refractivity contribution in [1.82, 2.24) is 10.3 Å². The Bertz CT molecular complexity index is 1520. The predicted octanol–water partition coefficient (Wildman–Crippen LogP) is 7.78. The molecule has 0 unspecified atom stereocenters. The van der Waals surface area contributed by atoms with Crippen molar-refractivity contribution in [3.8, 4) is 5.75 Å². The topological polar surface area (TPSA) is 91.4 Å². The molecule has 0 bridgehead atoms. The van der Waals surface area contributed by atoms with Crippen LogP contribution in [0.5, 0.6) is 5.75 Å². The van der Waals surface area contributed by atoms with E-state index in [1.54, 1.807) is 48.7 Å². The number of halogens is 5. The highest BCUT2D eigenvalue weighted by Gasteiger charge is 2.32. The number of hydrogen-bond acceptors (Lipinski definition) is 3. The molecule has 3 N–H and O–H groups in total. The van der Waals surface area contributed by atoms with Gasteiger partial charge >= 0.3 is 12.3 Å². The summed E-state index contributed by atoms with van der Waals surface area (Å²) < 4.78 is 57.2. The molecule has 0 spiro atoms. The van der Waals surface area contributed by atoms with E-state index in [1.165, 1.54) is 18.2 Å². The largest absolute Gasteiger partial charge is 0.573 e. The lowest BCUT2D eigenvalue weighted by Crippen LogP contribution is -2.26. The number of hydrogen-bond donors (Lipinski definition) is 3. The minimum absolute atomic E-state index is 0.00974. The summed E-state index contributed by atoms with van der Waals surface area (Å²) in [6.45, 7) is 1.99. The van der Waals surface area contributed by atoms with Crippen LogP contribution >= 0.6 is 11.6 Å². The quantitative estimate of drug-likeness (QED) is 0.156. The Morgan fingerprint density at radius 2 is 1.71 bits per heavy atom. The van der Waals surface area contributed by atoms with E-state index < -0.39 is 30.0 Å². The first kappa shape index (κ1) is 29.9. The highest BCUT2D eigenvalue weighted by Crippen LogP contribution is 2.45. The normalized spacial score (nSPS) is 13.1. The smallest absolute Gasteiger partial charge is 0.481 e. The van der Waals surface area contributed by atoms with Crippen LogP contribution in [0, 0.1) is 5.82 Å². The Morgan fingerprint density at radius 3 is 2.32 bits per heavy atom. The number of carboxylic acid groups (broad SMARTS) is 1. The summed E-state index contributed by atoms with van der Waals surface area (Å²) in [6, 6.07) is 15.3. The molecule has 0 aliphatic carbocycles. The van der Waals surface area contributed by atoms with Crippen molar-refractivity contribution in [3.63, 3.8) is 0 Å². The summed E-state index contributed by atoms with van der Waals surface area (Å²) in [5, 5.41) is 12.1. The molecule has 2 atom stereocenters. The number of carbonyl (C=O) groups is 2. The molecular formula is C30H27ClF4N2O4. The van der Waals surface area contributed by atoms with Crippen LogP contribution in [0.25, 0.3) is 10.9 Å². The lowest BCUT2D eigenvalue weighted by molar-refractivity contribution is -0.274. The molecule has 4 aromatic rings. The second-order valence-electron chi connectivity index (χ2n) is 9.57. The van der Waals surface area contributed by atoms with Crippen LogP contribution in [-0.4, -0.2) is 34.9 Å². The van der Waals surface area contributed by atoms with Crippen molar-refractivity contribution < 1.29 is 37.0 Å². The third-order valence-electron chi connectivity index (χ3n) is 6.77. The van der Waals surface area contributed by atoms with Gasteiger partial charge < -0.3 is 20.1 Å². The summed E-state index contributed by atoms with van der Waals surface area (Å²) in [5.41, 5.74) is 2.84. The van der Waals surface area contributed by atoms with Crippen LogP contribution in [0.15, 0.2) is 66.9 Å². The number of alkyl halides is 3. The summed E-state index contributed by atoms with van der Waals surface area (Å²) in [6.07, 6.45) is -1.94. The molecule has 0 fully saturated rings. The second kappa shape index (κ2) is 12.6. The van der Waals surface area contributed by atoms with Crippen molar-refractivity contribution in [2.24, 2.45) is 0 Å². The number of rotatable bonds is 11. The minimum Gasteiger partial charge on any atom is -0.481 e. The summed E-state index contributed by atoms with van der Waals surface area (Å²) in [4.78, 5) is 26.2. The molecule has 216 valence electrons. The maximum absolute atomic E-state index is 14.8. The van der Waals surface area contributed by atoms with Gasteiger partial charge in [0.15, 0.2) is 0 Å². The number of carbonyl (C=O) groups excluding carboxylic acids is 1. The van der Waals surface area contributed by atoms with Crippen LogP contribution in [0.4, 0.5) is 17.6 Å². The van der Waals surface area contributed by atoms with Crippen LogP contribution in [0.3, 0.4) is 0 Å². The van der Waals surface area contributed by atoms with Gasteiger partial charge in [0.25, 0.3) is 5.91 Å². The third-order valence-corrected chi connectivity index (χ3v) is 6.99. The van der Waals surface area contributed by atoms with E-state index in [-0.39, 0.29) is 35.2 Å². The van der Waals surface area contributed by atoms with E-state index in [4.69, 9.17) is 16.7 Å². The van der Waals surface area contributed by atoms with Crippen molar-refractivity contribution in [3.05, 3.63) is 100.0 Å². The molecule has 1 heterocycles. The van der Waals surface area contributed by atoms with Gasteiger partial charge in [-0.15, -0.1) is 13.2 Å². The highest BCUT2D eigenvalue weighted by molar-refractivity contribution is 6.31. The van der Waals surface area contributed by atoms with Gasteiger partial charge in [0, 0.05) is 34.6 Å². The maximum atomic E-state index is 14.8. The Balaban J connectivity index is 1.76. The molecule has 1 aromatic heterocycles. The fraction of sp³-hybridized carbons (Fsp3) is 0.267. The number of ether oxygens (including phenoxy) is 1. The molecule has 11 heteroatoms. The van der Waals surface area contributed by atoms with Crippen molar-refractivity contribution in [2.75, 3.05) is 6.54 Å². The first-order valence-electron chi connectivity index (χ1n) is 12.9. The molecule has 3 aromatic carbocycles. The van der Waals surface area contributed by atoms with Gasteiger partial charge in [-0.3, -0.25) is 9.59 Å². The Kier molecular flexibility index (Phi) is 9.22. The summed E-state index contributed by atoms with van der Waals surface area (Å²) >= 11 is 6.20. The Morgan fingerprint density at radius 1 is 1.05 bits per heavy atom. The average Bonchev–Trinajstić information content (AvgIpc) is 3.32. The predicted molar refractivity (Wildman–Crippen MR) is 147 cm³/mol. The molecule has 0 saturated carbocycles. The lowest BCUT2D eigenvalue weighted by atomic mass is 9.75. The maximum Gasteiger partial charge on any atom is 0.573 e. The van der Waals surface area contributed by atoms with E-state index in [0.717, 1.165) is 12.0 Å². The number of aliphatic carboxylic acids is 1. The van der Waals surface area contributed by atoms with Gasteiger partial charge in [-0.2, -0.15) is 0 Å². The number of aromatic amines is 1. The molecule has 4 rings (SSSR count). The number of aromatic nitrogens is 1. The number of benzene rings is 3. The number of amides is 1.